The molecule has 1 unspecified atom stereocenters. The Balaban J connectivity index is 0.00000361. The van der Waals surface area contributed by atoms with Gasteiger partial charge in [0.2, 0.25) is 15.9 Å². The van der Waals surface area contributed by atoms with Crippen LogP contribution >= 0.6 is 12.4 Å². The summed E-state index contributed by atoms with van der Waals surface area (Å²) < 4.78 is 25.9. The van der Waals surface area contributed by atoms with Gasteiger partial charge in [-0.15, -0.1) is 12.4 Å². The van der Waals surface area contributed by atoms with Gasteiger partial charge in [0.05, 0.1) is 4.90 Å². The van der Waals surface area contributed by atoms with Crippen LogP contribution in [0.4, 0.5) is 5.69 Å². The maximum atomic E-state index is 11.8. The van der Waals surface area contributed by atoms with Crippen LogP contribution in [-0.4, -0.2) is 27.9 Å². The molecule has 0 fully saturated rings. The second-order valence-corrected chi connectivity index (χ2v) is 6.12. The summed E-state index contributed by atoms with van der Waals surface area (Å²) in [6.45, 7) is 3.59. The van der Waals surface area contributed by atoms with Crippen molar-refractivity contribution in [2.75, 3.05) is 18.9 Å². The zero-order chi connectivity index (χ0) is 14.6. The summed E-state index contributed by atoms with van der Waals surface area (Å²) in [6.07, 6.45) is 0. The van der Waals surface area contributed by atoms with Crippen LogP contribution in [0.1, 0.15) is 12.5 Å². The Morgan fingerprint density at radius 1 is 1.40 bits per heavy atom. The molecule has 0 saturated heterocycles. The van der Waals surface area contributed by atoms with Crippen molar-refractivity contribution < 1.29 is 13.2 Å². The van der Waals surface area contributed by atoms with Gasteiger partial charge in [0.25, 0.3) is 0 Å². The minimum absolute atomic E-state index is 0. The van der Waals surface area contributed by atoms with Crippen molar-refractivity contribution in [3.63, 3.8) is 0 Å². The molecule has 20 heavy (non-hydrogen) atoms. The van der Waals surface area contributed by atoms with E-state index in [1.807, 2.05) is 0 Å². The fraction of sp³-hybridized carbons (Fsp3) is 0.417. The van der Waals surface area contributed by atoms with Crippen molar-refractivity contribution >= 4 is 34.0 Å². The fourth-order valence-electron chi connectivity index (χ4n) is 1.51. The van der Waals surface area contributed by atoms with Gasteiger partial charge in [-0.05, 0) is 31.7 Å². The SMILES string of the molecule is CNS(=O)(=O)c1cccc(NC(=O)C(C)CN)c1C.Cl. The number of nitrogens with one attached hydrogen (secondary N) is 2. The maximum Gasteiger partial charge on any atom is 0.240 e. The number of halogens is 1. The standard InChI is InChI=1S/C12H19N3O3S.ClH/c1-8(7-13)12(16)15-10-5-4-6-11(9(10)2)19(17,18)14-3;/h4-6,8,14H,7,13H2,1-3H3,(H,15,16);1H. The molecule has 0 aliphatic rings. The maximum absolute atomic E-state index is 11.8. The lowest BCUT2D eigenvalue weighted by Crippen LogP contribution is -2.27. The Labute approximate surface area is 125 Å². The van der Waals surface area contributed by atoms with E-state index < -0.39 is 10.0 Å². The number of hydrogen-bond acceptors (Lipinski definition) is 4. The first-order valence-electron chi connectivity index (χ1n) is 5.87. The Morgan fingerprint density at radius 3 is 2.50 bits per heavy atom. The lowest BCUT2D eigenvalue weighted by molar-refractivity contribution is -0.119. The molecule has 114 valence electrons. The normalized spacial score (nSPS) is 12.4. The lowest BCUT2D eigenvalue weighted by atomic mass is 10.1. The van der Waals surface area contributed by atoms with Crippen molar-refractivity contribution in [1.82, 2.24) is 4.72 Å². The summed E-state index contributed by atoms with van der Waals surface area (Å²) in [7, 11) is -2.20. The van der Waals surface area contributed by atoms with E-state index in [0.717, 1.165) is 0 Å². The van der Waals surface area contributed by atoms with Crippen LogP contribution in [0, 0.1) is 12.8 Å². The fourth-order valence-corrected chi connectivity index (χ4v) is 2.50. The molecule has 0 bridgehead atoms. The van der Waals surface area contributed by atoms with Gasteiger partial charge in [0.1, 0.15) is 0 Å². The van der Waals surface area contributed by atoms with Gasteiger partial charge in [-0.25, -0.2) is 13.1 Å². The molecule has 0 aliphatic carbocycles. The molecule has 1 aromatic rings. The first kappa shape index (κ1) is 18.9. The van der Waals surface area contributed by atoms with Crippen LogP contribution in [0.3, 0.4) is 0 Å². The number of rotatable bonds is 5. The molecule has 1 rings (SSSR count). The van der Waals surface area contributed by atoms with E-state index in [-0.39, 0.29) is 35.7 Å². The van der Waals surface area contributed by atoms with Gasteiger partial charge in [0, 0.05) is 18.2 Å². The van der Waals surface area contributed by atoms with Crippen LogP contribution in [0.5, 0.6) is 0 Å². The van der Waals surface area contributed by atoms with E-state index in [2.05, 4.69) is 10.0 Å². The Morgan fingerprint density at radius 2 is 2.00 bits per heavy atom. The molecule has 0 aromatic heterocycles. The number of benzene rings is 1. The highest BCUT2D eigenvalue weighted by Crippen LogP contribution is 2.23. The Hall–Kier alpha value is -1.15. The van der Waals surface area contributed by atoms with Gasteiger partial charge in [-0.1, -0.05) is 13.0 Å². The molecule has 8 heteroatoms. The first-order chi connectivity index (χ1) is 8.83. The van der Waals surface area contributed by atoms with Crippen LogP contribution < -0.4 is 15.8 Å². The predicted molar refractivity (Wildman–Crippen MR) is 81.5 cm³/mol. The summed E-state index contributed by atoms with van der Waals surface area (Å²) in [4.78, 5) is 11.9. The minimum Gasteiger partial charge on any atom is -0.330 e. The third-order valence-corrected chi connectivity index (χ3v) is 4.46. The number of amides is 1. The summed E-state index contributed by atoms with van der Waals surface area (Å²) in [6, 6.07) is 4.73. The highest BCUT2D eigenvalue weighted by atomic mass is 35.5. The number of hydrogen-bond donors (Lipinski definition) is 3. The minimum atomic E-state index is -3.54. The number of carbonyl (C=O) groups is 1. The third kappa shape index (κ3) is 4.17. The molecule has 0 saturated carbocycles. The van der Waals surface area contributed by atoms with Crippen LogP contribution in [0.25, 0.3) is 0 Å². The van der Waals surface area contributed by atoms with Crippen LogP contribution in [0.15, 0.2) is 23.1 Å². The quantitative estimate of drug-likeness (QED) is 0.748. The molecule has 6 nitrogen and oxygen atoms in total. The van der Waals surface area contributed by atoms with Crippen molar-refractivity contribution in [2.24, 2.45) is 11.7 Å². The molecule has 0 aliphatic heterocycles. The molecular formula is C12H20ClN3O3S. The second kappa shape index (κ2) is 7.58. The lowest BCUT2D eigenvalue weighted by Gasteiger charge is -2.14. The van der Waals surface area contributed by atoms with E-state index in [1.165, 1.54) is 13.1 Å². The Kier molecular flexibility index (Phi) is 7.15. The number of sulfonamides is 1. The van der Waals surface area contributed by atoms with Crippen LogP contribution in [0.2, 0.25) is 0 Å². The molecule has 1 atom stereocenters. The molecule has 0 radical (unpaired) electrons. The molecule has 1 amide bonds. The second-order valence-electron chi connectivity index (χ2n) is 4.26. The third-order valence-electron chi connectivity index (χ3n) is 2.90. The summed E-state index contributed by atoms with van der Waals surface area (Å²) in [5.74, 6) is -0.562. The molecular weight excluding hydrogens is 302 g/mol. The molecule has 0 spiro atoms. The van der Waals surface area contributed by atoms with E-state index in [0.29, 0.717) is 11.3 Å². The average molecular weight is 322 g/mol. The molecule has 1 aromatic carbocycles. The highest BCUT2D eigenvalue weighted by molar-refractivity contribution is 7.89. The summed E-state index contributed by atoms with van der Waals surface area (Å²) in [5.41, 5.74) is 6.39. The van der Waals surface area contributed by atoms with Crippen LogP contribution in [-0.2, 0) is 14.8 Å². The topological polar surface area (TPSA) is 101 Å². The summed E-state index contributed by atoms with van der Waals surface area (Å²) in [5, 5.41) is 2.69. The van der Waals surface area contributed by atoms with Gasteiger partial charge >= 0.3 is 0 Å². The zero-order valence-corrected chi connectivity index (χ0v) is 13.3. The van der Waals surface area contributed by atoms with Gasteiger partial charge in [-0.3, -0.25) is 4.79 Å². The van der Waals surface area contributed by atoms with E-state index in [4.69, 9.17) is 5.73 Å². The van der Waals surface area contributed by atoms with Crippen molar-refractivity contribution in [3.8, 4) is 0 Å². The zero-order valence-electron chi connectivity index (χ0n) is 11.6. The van der Waals surface area contributed by atoms with Gasteiger partial charge in [0.15, 0.2) is 0 Å². The van der Waals surface area contributed by atoms with E-state index >= 15 is 0 Å². The van der Waals surface area contributed by atoms with Gasteiger partial charge in [-0.2, -0.15) is 0 Å². The molecule has 0 heterocycles. The molecule has 4 N–H and O–H groups in total. The summed E-state index contributed by atoms with van der Waals surface area (Å²) >= 11 is 0. The van der Waals surface area contributed by atoms with E-state index in [9.17, 15) is 13.2 Å². The van der Waals surface area contributed by atoms with Crippen molar-refractivity contribution in [1.29, 1.82) is 0 Å². The van der Waals surface area contributed by atoms with E-state index in [1.54, 1.807) is 26.0 Å². The first-order valence-corrected chi connectivity index (χ1v) is 7.36. The van der Waals surface area contributed by atoms with Gasteiger partial charge < -0.3 is 11.1 Å². The highest BCUT2D eigenvalue weighted by Gasteiger charge is 2.18. The van der Waals surface area contributed by atoms with Crippen molar-refractivity contribution in [2.45, 2.75) is 18.7 Å². The predicted octanol–water partition coefficient (Wildman–Crippen LogP) is 0.858. The Bertz CT molecular complexity index is 575. The monoisotopic (exact) mass is 321 g/mol. The smallest absolute Gasteiger partial charge is 0.240 e. The average Bonchev–Trinajstić information content (AvgIpc) is 2.39. The largest absolute Gasteiger partial charge is 0.330 e. The number of anilines is 1. The van der Waals surface area contributed by atoms with Crippen molar-refractivity contribution in [3.05, 3.63) is 23.8 Å². The number of nitrogens with two attached hydrogens (primary N) is 1. The number of carbonyl (C=O) groups excluding carboxylic acids is 1.